The summed E-state index contributed by atoms with van der Waals surface area (Å²) in [6, 6.07) is 12.6. The Bertz CT molecular complexity index is 1770. The van der Waals surface area contributed by atoms with Gasteiger partial charge in [0.25, 0.3) is 10.0 Å². The van der Waals surface area contributed by atoms with Crippen LogP contribution < -0.4 is 13.8 Å². The molecule has 8 nitrogen and oxygen atoms in total. The molecule has 5 rings (SSSR count). The SMILES string of the molecule is COc1cc(S(=O)(=O)N2C[C@H](CCC(=O)C3CCC(C(=O)O)CC3)Oc3ccc(/C=C(\C)c4c(F)cccc4Cl)cc32)ccc1F. The highest BCUT2D eigenvalue weighted by molar-refractivity contribution is 7.92. The summed E-state index contributed by atoms with van der Waals surface area (Å²) < 4.78 is 69.4. The van der Waals surface area contributed by atoms with Crippen LogP contribution in [0.1, 0.15) is 56.6 Å². The van der Waals surface area contributed by atoms with Crippen molar-refractivity contribution in [3.05, 3.63) is 82.4 Å². The smallest absolute Gasteiger partial charge is 0.306 e. The first kappa shape index (κ1) is 33.4. The van der Waals surface area contributed by atoms with Gasteiger partial charge < -0.3 is 14.6 Å². The number of carboxylic acid groups (broad SMARTS) is 1. The van der Waals surface area contributed by atoms with Crippen molar-refractivity contribution in [2.24, 2.45) is 11.8 Å². The van der Waals surface area contributed by atoms with Gasteiger partial charge in [-0.25, -0.2) is 17.2 Å². The maximum Gasteiger partial charge on any atom is 0.306 e. The zero-order valence-electron chi connectivity index (χ0n) is 25.3. The summed E-state index contributed by atoms with van der Waals surface area (Å²) in [6.07, 6.45) is 3.30. The standard InChI is InChI=1S/C34H34ClF2NO7S/c1-20(33-26(35)4-3-5-28(33)37)16-21-6-15-31-29(17-21)38(46(42,43)25-12-13-27(36)32(18-25)44-2)19-24(45-31)11-14-30(39)22-7-9-23(10-8-22)34(40)41/h3-6,12-13,15-18,22-24H,7-11,14,19H2,1-2H3,(H,40,41)/b20-16+/t22?,23?,24-/m0/s1. The molecule has 1 aliphatic heterocycles. The third-order valence-corrected chi connectivity index (χ3v) is 10.7. The second-order valence-electron chi connectivity index (χ2n) is 11.6. The lowest BCUT2D eigenvalue weighted by atomic mass is 9.79. The number of anilines is 1. The van der Waals surface area contributed by atoms with Gasteiger partial charge in [-0.15, -0.1) is 0 Å². The molecular formula is C34H34ClF2NO7S. The van der Waals surface area contributed by atoms with E-state index < -0.39 is 39.6 Å². The molecule has 1 atom stereocenters. The Kier molecular flexibility index (Phi) is 10.0. The number of rotatable bonds is 10. The number of ether oxygens (including phenoxy) is 2. The Morgan fingerprint density at radius 3 is 2.43 bits per heavy atom. The highest BCUT2D eigenvalue weighted by Gasteiger charge is 2.36. The van der Waals surface area contributed by atoms with Crippen LogP contribution in [0.5, 0.6) is 11.5 Å². The number of methoxy groups -OCH3 is 1. The Balaban J connectivity index is 1.44. The number of halogens is 3. The molecular weight excluding hydrogens is 640 g/mol. The van der Waals surface area contributed by atoms with Crippen LogP contribution in [0.2, 0.25) is 5.02 Å². The van der Waals surface area contributed by atoms with Gasteiger partial charge in [0.15, 0.2) is 11.6 Å². The highest BCUT2D eigenvalue weighted by Crippen LogP contribution is 2.40. The molecule has 46 heavy (non-hydrogen) atoms. The summed E-state index contributed by atoms with van der Waals surface area (Å²) in [4.78, 5) is 24.1. The van der Waals surface area contributed by atoms with Crippen LogP contribution in [-0.2, 0) is 19.6 Å². The number of hydrogen-bond donors (Lipinski definition) is 1. The predicted molar refractivity (Wildman–Crippen MR) is 171 cm³/mol. The molecule has 12 heteroatoms. The topological polar surface area (TPSA) is 110 Å². The summed E-state index contributed by atoms with van der Waals surface area (Å²) in [5, 5.41) is 9.50. The fraction of sp³-hybridized carbons (Fsp3) is 0.353. The summed E-state index contributed by atoms with van der Waals surface area (Å²) in [7, 11) is -3.04. The van der Waals surface area contributed by atoms with E-state index in [1.165, 1.54) is 23.5 Å². The largest absolute Gasteiger partial charge is 0.494 e. The average Bonchev–Trinajstić information content (AvgIpc) is 3.03. The second-order valence-corrected chi connectivity index (χ2v) is 13.9. The molecule has 0 saturated heterocycles. The van der Waals surface area contributed by atoms with Gasteiger partial charge in [0.2, 0.25) is 0 Å². The molecule has 0 radical (unpaired) electrons. The summed E-state index contributed by atoms with van der Waals surface area (Å²) in [5.41, 5.74) is 1.52. The van der Waals surface area contributed by atoms with E-state index in [0.717, 1.165) is 18.2 Å². The van der Waals surface area contributed by atoms with Crippen molar-refractivity contribution in [3.63, 3.8) is 0 Å². The molecule has 1 heterocycles. The van der Waals surface area contributed by atoms with E-state index in [9.17, 15) is 31.9 Å². The minimum Gasteiger partial charge on any atom is -0.494 e. The van der Waals surface area contributed by atoms with E-state index in [4.69, 9.17) is 21.1 Å². The van der Waals surface area contributed by atoms with Crippen LogP contribution in [0.25, 0.3) is 11.6 Å². The van der Waals surface area contributed by atoms with Crippen molar-refractivity contribution in [3.8, 4) is 11.5 Å². The van der Waals surface area contributed by atoms with Gasteiger partial charge in [-0.05, 0) is 86.6 Å². The molecule has 0 amide bonds. The third-order valence-electron chi connectivity index (χ3n) is 8.61. The maximum absolute atomic E-state index is 14.6. The van der Waals surface area contributed by atoms with Crippen molar-refractivity contribution >= 4 is 50.7 Å². The van der Waals surface area contributed by atoms with Crippen molar-refractivity contribution in [1.29, 1.82) is 0 Å². The van der Waals surface area contributed by atoms with E-state index in [0.29, 0.717) is 36.8 Å². The van der Waals surface area contributed by atoms with E-state index in [1.54, 1.807) is 37.3 Å². The number of nitrogens with zero attached hydrogens (tertiary/aromatic N) is 1. The van der Waals surface area contributed by atoms with Crippen LogP contribution in [-0.4, -0.2) is 45.0 Å². The number of allylic oxidation sites excluding steroid dienone is 1. The van der Waals surface area contributed by atoms with Crippen LogP contribution in [0.4, 0.5) is 14.5 Å². The lowest BCUT2D eigenvalue weighted by Gasteiger charge is -2.36. The summed E-state index contributed by atoms with van der Waals surface area (Å²) >= 11 is 6.26. The van der Waals surface area contributed by atoms with Gasteiger partial charge in [0.05, 0.1) is 35.2 Å². The number of carboxylic acids is 1. The number of ketones is 1. The van der Waals surface area contributed by atoms with Gasteiger partial charge in [0.1, 0.15) is 23.5 Å². The van der Waals surface area contributed by atoms with Gasteiger partial charge in [-0.3, -0.25) is 13.9 Å². The molecule has 1 saturated carbocycles. The monoisotopic (exact) mass is 673 g/mol. The molecule has 0 aromatic heterocycles. The lowest BCUT2D eigenvalue weighted by molar-refractivity contribution is -0.144. The van der Waals surface area contributed by atoms with E-state index in [-0.39, 0.29) is 63.8 Å². The normalized spacial score (nSPS) is 20.1. The van der Waals surface area contributed by atoms with Crippen molar-refractivity contribution in [2.75, 3.05) is 18.0 Å². The second kappa shape index (κ2) is 13.8. The molecule has 244 valence electrons. The number of carbonyl (C=O) groups excluding carboxylic acids is 1. The van der Waals surface area contributed by atoms with E-state index >= 15 is 0 Å². The average molecular weight is 674 g/mol. The van der Waals surface area contributed by atoms with Crippen LogP contribution in [0, 0.1) is 23.5 Å². The zero-order valence-corrected chi connectivity index (χ0v) is 26.9. The van der Waals surface area contributed by atoms with Crippen molar-refractivity contribution in [1.82, 2.24) is 0 Å². The molecule has 0 bridgehead atoms. The highest BCUT2D eigenvalue weighted by atomic mass is 35.5. The summed E-state index contributed by atoms with van der Waals surface area (Å²) in [5.74, 6) is -2.69. The molecule has 0 spiro atoms. The Labute approximate surface area is 271 Å². The lowest BCUT2D eigenvalue weighted by Crippen LogP contribution is -2.44. The number of sulfonamides is 1. The number of aliphatic carboxylic acids is 1. The first-order valence-electron chi connectivity index (χ1n) is 14.9. The van der Waals surface area contributed by atoms with Crippen molar-refractivity contribution < 1.29 is 41.4 Å². The number of hydrogen-bond acceptors (Lipinski definition) is 6. The molecule has 3 aromatic carbocycles. The Hall–Kier alpha value is -3.96. The minimum atomic E-state index is -4.28. The Morgan fingerprint density at radius 2 is 1.76 bits per heavy atom. The number of benzene rings is 3. The fourth-order valence-corrected chi connectivity index (χ4v) is 7.92. The molecule has 0 unspecified atom stereocenters. The number of Topliss-reactive ketones (excluding diaryl/α,β-unsaturated/α-hetero) is 1. The molecule has 1 N–H and O–H groups in total. The van der Waals surface area contributed by atoms with Crippen molar-refractivity contribution in [2.45, 2.75) is 56.4 Å². The number of carbonyl (C=O) groups is 2. The molecule has 1 aliphatic carbocycles. The minimum absolute atomic E-state index is 0.00122. The molecule has 1 fully saturated rings. The van der Waals surface area contributed by atoms with Crippen LogP contribution in [0.3, 0.4) is 0 Å². The van der Waals surface area contributed by atoms with Gasteiger partial charge in [-0.2, -0.15) is 0 Å². The Morgan fingerprint density at radius 1 is 1.04 bits per heavy atom. The predicted octanol–water partition coefficient (Wildman–Crippen LogP) is 7.38. The summed E-state index contributed by atoms with van der Waals surface area (Å²) in [6.45, 7) is 1.57. The fourth-order valence-electron chi connectivity index (χ4n) is 6.09. The van der Waals surface area contributed by atoms with Crippen LogP contribution in [0.15, 0.2) is 59.5 Å². The maximum atomic E-state index is 14.6. The van der Waals surface area contributed by atoms with Gasteiger partial charge in [-0.1, -0.05) is 29.8 Å². The van der Waals surface area contributed by atoms with Gasteiger partial charge >= 0.3 is 5.97 Å². The zero-order chi connectivity index (χ0) is 33.2. The van der Waals surface area contributed by atoms with Crippen LogP contribution >= 0.6 is 11.6 Å². The first-order chi connectivity index (χ1) is 21.9. The number of fused-ring (bicyclic) bond motifs is 1. The quantitative estimate of drug-likeness (QED) is 0.224. The molecule has 3 aromatic rings. The van der Waals surface area contributed by atoms with E-state index in [2.05, 4.69) is 0 Å². The first-order valence-corrected chi connectivity index (χ1v) is 16.8. The third kappa shape index (κ3) is 7.05. The van der Waals surface area contributed by atoms with Gasteiger partial charge in [0, 0.05) is 24.0 Å². The molecule has 2 aliphatic rings. The van der Waals surface area contributed by atoms with E-state index in [1.807, 2.05) is 0 Å².